The van der Waals surface area contributed by atoms with Gasteiger partial charge in [-0.15, -0.1) is 0 Å². The molecule has 0 aliphatic rings. The van der Waals surface area contributed by atoms with Crippen LogP contribution in [0, 0.1) is 0 Å². The fraction of sp³-hybridized carbons (Fsp3) is 0. The van der Waals surface area contributed by atoms with Crippen LogP contribution in [0.5, 0.6) is 0 Å². The fourth-order valence-corrected chi connectivity index (χ4v) is 0. The van der Waals surface area contributed by atoms with Crippen LogP contribution in [0.4, 0.5) is 0 Å². The van der Waals surface area contributed by atoms with Gasteiger partial charge in [0.25, 0.3) is 0 Å². The first-order chi connectivity index (χ1) is 0. The molecule has 0 amide bonds. The molecule has 0 atom stereocenters. The van der Waals surface area contributed by atoms with E-state index >= 15 is 0 Å². The van der Waals surface area contributed by atoms with Gasteiger partial charge in [-0.2, -0.15) is 0 Å². The molecule has 0 saturated heterocycles. The number of hydrogen-bond acceptors (Lipinski definition) is 0. The van der Waals surface area contributed by atoms with E-state index in [1.54, 1.807) is 0 Å². The van der Waals surface area contributed by atoms with Crippen LogP contribution < -0.4 is 0 Å². The summed E-state index contributed by atoms with van der Waals surface area (Å²) in [4.78, 5) is 0. The number of rotatable bonds is 0. The van der Waals surface area contributed by atoms with Gasteiger partial charge >= 0.3 is 0 Å². The third kappa shape index (κ3) is 349. The number of hydrogen-bond donors (Lipinski definition) is 0. The predicted molar refractivity (Wildman–Crippen MR) is 27.4 cm³/mol. The maximum Gasteiger partial charge on any atom is 0 e. The molecule has 6 nitrogen and oxygen atoms in total. The Morgan fingerprint density at radius 2 is 0.375 bits per heavy atom. The van der Waals surface area contributed by atoms with Crippen molar-refractivity contribution in [2.75, 3.05) is 0 Å². The van der Waals surface area contributed by atoms with Gasteiger partial charge in [0.15, 0.2) is 0 Å². The van der Waals surface area contributed by atoms with Gasteiger partial charge in [-0.25, -0.2) is 0 Å². The summed E-state index contributed by atoms with van der Waals surface area (Å²) in [6, 6.07) is 0. The van der Waals surface area contributed by atoms with Crippen LogP contribution in [-0.4, -0.2) is 50.2 Å². The van der Waals surface area contributed by atoms with E-state index in [2.05, 4.69) is 0 Å². The molecule has 0 unspecified atom stereocenters. The SMILES string of the molecule is O.O.O.O.O.O.[Al].[Fe]. The molecule has 0 fully saturated rings. The van der Waals surface area contributed by atoms with Gasteiger partial charge in [0.05, 0.1) is 0 Å². The monoisotopic (exact) mass is 191 g/mol. The van der Waals surface area contributed by atoms with E-state index in [0.717, 1.165) is 0 Å². The van der Waals surface area contributed by atoms with Crippen LogP contribution in [0.25, 0.3) is 0 Å². The molecule has 0 bridgehead atoms. The molecule has 0 aliphatic carbocycles. The summed E-state index contributed by atoms with van der Waals surface area (Å²) in [5.41, 5.74) is 0. The standard InChI is InChI=1S/Al.Fe.6H2O/h;;6*1H2. The average Bonchev–Trinajstić information content (AvgIpc) is 0. The van der Waals surface area contributed by atoms with Gasteiger partial charge in [-0.1, -0.05) is 0 Å². The average molecular weight is 191 g/mol. The fourth-order valence-electron chi connectivity index (χ4n) is 0. The van der Waals surface area contributed by atoms with Gasteiger partial charge in [-0.3, -0.25) is 0 Å². The van der Waals surface area contributed by atoms with Gasteiger partial charge in [0.1, 0.15) is 0 Å². The van der Waals surface area contributed by atoms with Crippen molar-refractivity contribution in [1.82, 2.24) is 0 Å². The summed E-state index contributed by atoms with van der Waals surface area (Å²) in [5, 5.41) is 0. The van der Waals surface area contributed by atoms with Gasteiger partial charge in [0.2, 0.25) is 0 Å². The molecule has 0 heterocycles. The van der Waals surface area contributed by atoms with E-state index < -0.39 is 0 Å². The molecule has 12 N–H and O–H groups in total. The van der Waals surface area contributed by atoms with Crippen LogP contribution in [-0.2, 0) is 17.1 Å². The Balaban J connectivity index is 0. The summed E-state index contributed by atoms with van der Waals surface area (Å²) < 4.78 is 0. The molecular formula is H12AlFeO6. The van der Waals surface area contributed by atoms with E-state index in [-0.39, 0.29) is 67.3 Å². The second-order valence-electron chi connectivity index (χ2n) is 0. The second kappa shape index (κ2) is 550. The zero-order valence-electron chi connectivity index (χ0n) is 3.93. The van der Waals surface area contributed by atoms with E-state index in [4.69, 9.17) is 0 Å². The molecule has 0 aromatic heterocycles. The first kappa shape index (κ1) is 816. The first-order valence-corrected chi connectivity index (χ1v) is 0. The van der Waals surface area contributed by atoms with Crippen LogP contribution in [0.15, 0.2) is 0 Å². The van der Waals surface area contributed by atoms with Gasteiger partial charge in [0, 0.05) is 34.4 Å². The van der Waals surface area contributed by atoms with Crippen molar-refractivity contribution in [2.45, 2.75) is 0 Å². The molecule has 8 heteroatoms. The Bertz CT molecular complexity index is 8.49. The van der Waals surface area contributed by atoms with Crippen LogP contribution in [0.3, 0.4) is 0 Å². The van der Waals surface area contributed by atoms with Gasteiger partial charge in [-0.05, 0) is 0 Å². The largest absolute Gasteiger partial charge is 0.412 e. The first-order valence-electron chi connectivity index (χ1n) is 0. The topological polar surface area (TPSA) is 189 Å². The second-order valence-corrected chi connectivity index (χ2v) is 0. The quantitative estimate of drug-likeness (QED) is 0.330. The smallest absolute Gasteiger partial charge is 0 e. The summed E-state index contributed by atoms with van der Waals surface area (Å²) in [5.74, 6) is 0. The van der Waals surface area contributed by atoms with E-state index in [0.29, 0.717) is 0 Å². The van der Waals surface area contributed by atoms with Crippen molar-refractivity contribution >= 4 is 17.4 Å². The molecule has 0 rings (SSSR count). The zero-order valence-corrected chi connectivity index (χ0v) is 6.19. The summed E-state index contributed by atoms with van der Waals surface area (Å²) in [7, 11) is 0. The summed E-state index contributed by atoms with van der Waals surface area (Å²) in [6.45, 7) is 0. The molecule has 0 aliphatic heterocycles. The minimum absolute atomic E-state index is 0. The van der Waals surface area contributed by atoms with Crippen LogP contribution in [0.2, 0.25) is 0 Å². The third-order valence-electron chi connectivity index (χ3n) is 0. The Labute approximate surface area is 67.7 Å². The van der Waals surface area contributed by atoms with Crippen molar-refractivity contribution in [3.8, 4) is 0 Å². The summed E-state index contributed by atoms with van der Waals surface area (Å²) in [6.07, 6.45) is 0. The molecule has 59 valence electrons. The van der Waals surface area contributed by atoms with Crippen molar-refractivity contribution < 1.29 is 49.9 Å². The van der Waals surface area contributed by atoms with E-state index in [1.807, 2.05) is 0 Å². The Morgan fingerprint density at radius 3 is 0.375 bits per heavy atom. The van der Waals surface area contributed by atoms with Gasteiger partial charge < -0.3 is 32.9 Å². The maximum absolute atomic E-state index is 0. The Morgan fingerprint density at radius 1 is 0.375 bits per heavy atom. The molecule has 8 heavy (non-hydrogen) atoms. The molecule has 0 saturated carbocycles. The molecule has 0 spiro atoms. The van der Waals surface area contributed by atoms with Crippen LogP contribution in [0.1, 0.15) is 0 Å². The predicted octanol–water partition coefficient (Wildman–Crippen LogP) is -5.33. The van der Waals surface area contributed by atoms with Crippen molar-refractivity contribution in [1.29, 1.82) is 0 Å². The molecule has 0 aromatic rings. The van der Waals surface area contributed by atoms with Crippen molar-refractivity contribution in [3.63, 3.8) is 0 Å². The van der Waals surface area contributed by atoms with Crippen LogP contribution >= 0.6 is 0 Å². The summed E-state index contributed by atoms with van der Waals surface area (Å²) >= 11 is 0. The van der Waals surface area contributed by atoms with E-state index in [9.17, 15) is 0 Å². The Hall–Kier alpha value is 0.812. The minimum Gasteiger partial charge on any atom is -0.412 e. The molecular weight excluding hydrogens is 179 g/mol. The molecule has 3 radical (unpaired) electrons. The Kier molecular flexibility index (Phi) is 56100. The third-order valence-corrected chi connectivity index (χ3v) is 0. The van der Waals surface area contributed by atoms with E-state index in [1.165, 1.54) is 0 Å². The normalized spacial score (nSPS) is 0. The molecule has 0 aromatic carbocycles. The maximum atomic E-state index is 0. The minimum atomic E-state index is 0. The van der Waals surface area contributed by atoms with Crippen molar-refractivity contribution in [2.24, 2.45) is 0 Å². The van der Waals surface area contributed by atoms with Crippen molar-refractivity contribution in [3.05, 3.63) is 0 Å². The zero-order chi connectivity index (χ0) is 0.